The summed E-state index contributed by atoms with van der Waals surface area (Å²) in [5.74, 6) is 1.19. The molecule has 33 heavy (non-hydrogen) atoms. The summed E-state index contributed by atoms with van der Waals surface area (Å²) in [6.45, 7) is 1.82. The number of anilines is 3. The van der Waals surface area contributed by atoms with Crippen LogP contribution in [-0.4, -0.2) is 73.2 Å². The van der Waals surface area contributed by atoms with Crippen LogP contribution >= 0.6 is 0 Å². The van der Waals surface area contributed by atoms with Gasteiger partial charge in [-0.2, -0.15) is 13.8 Å². The van der Waals surface area contributed by atoms with E-state index >= 15 is 0 Å². The van der Waals surface area contributed by atoms with Crippen molar-refractivity contribution in [1.82, 2.24) is 15.0 Å². The molecule has 4 saturated heterocycles. The largest absolute Gasteiger partial charge is 0.431 e. The Hall–Kier alpha value is -2.79. The van der Waals surface area contributed by atoms with Gasteiger partial charge in [-0.15, -0.1) is 0 Å². The maximum absolute atomic E-state index is 12.8. The lowest BCUT2D eigenvalue weighted by Crippen LogP contribution is -2.59. The van der Waals surface area contributed by atoms with E-state index in [4.69, 9.17) is 25.2 Å². The normalized spacial score (nSPS) is 25.7. The predicted molar refractivity (Wildman–Crippen MR) is 116 cm³/mol. The maximum Gasteiger partial charge on any atom is 0.387 e. The summed E-state index contributed by atoms with van der Waals surface area (Å²) in [7, 11) is 0. The Bertz CT molecular complexity index is 1040. The molecule has 1 spiro atoms. The third kappa shape index (κ3) is 3.82. The summed E-state index contributed by atoms with van der Waals surface area (Å²) >= 11 is 0. The van der Waals surface area contributed by atoms with Gasteiger partial charge in [0.2, 0.25) is 5.95 Å². The first-order valence-corrected chi connectivity index (χ1v) is 11.3. The van der Waals surface area contributed by atoms with Gasteiger partial charge in [0.1, 0.15) is 5.82 Å². The van der Waals surface area contributed by atoms with Gasteiger partial charge in [0.15, 0.2) is 11.6 Å². The van der Waals surface area contributed by atoms with E-state index in [0.29, 0.717) is 23.8 Å². The van der Waals surface area contributed by atoms with Crippen molar-refractivity contribution in [3.63, 3.8) is 0 Å². The molecule has 6 heterocycles. The molecule has 0 radical (unpaired) electrons. The van der Waals surface area contributed by atoms with Gasteiger partial charge in [0, 0.05) is 56.1 Å². The van der Waals surface area contributed by atoms with Gasteiger partial charge in [-0.25, -0.2) is 9.97 Å². The molecule has 4 fully saturated rings. The van der Waals surface area contributed by atoms with E-state index in [2.05, 4.69) is 19.5 Å². The van der Waals surface area contributed by atoms with E-state index in [1.165, 1.54) is 12.3 Å². The van der Waals surface area contributed by atoms with Crippen molar-refractivity contribution < 1.29 is 23.0 Å². The molecule has 0 saturated carbocycles. The first-order valence-electron chi connectivity index (χ1n) is 11.3. The predicted octanol–water partition coefficient (Wildman–Crippen LogP) is 2.32. The second-order valence-electron chi connectivity index (χ2n) is 9.36. The van der Waals surface area contributed by atoms with Crippen LogP contribution in [0.15, 0.2) is 18.3 Å². The highest BCUT2D eigenvalue weighted by molar-refractivity contribution is 5.68. The molecule has 176 valence electrons. The number of ether oxygens (including phenoxy) is 3. The van der Waals surface area contributed by atoms with Crippen molar-refractivity contribution in [3.8, 4) is 17.0 Å². The van der Waals surface area contributed by atoms with Gasteiger partial charge < -0.3 is 29.7 Å². The van der Waals surface area contributed by atoms with E-state index in [-0.39, 0.29) is 29.1 Å². The van der Waals surface area contributed by atoms with Gasteiger partial charge in [0.05, 0.1) is 24.4 Å². The Morgan fingerprint density at radius 2 is 2.00 bits per heavy atom. The number of morpholine rings is 1. The van der Waals surface area contributed by atoms with Crippen LogP contribution in [-0.2, 0) is 9.47 Å². The highest BCUT2D eigenvalue weighted by Crippen LogP contribution is 2.42. The fraction of sp³-hybridized carbons (Fsp3) is 0.591. The zero-order chi connectivity index (χ0) is 22.6. The van der Waals surface area contributed by atoms with Crippen LogP contribution in [0.3, 0.4) is 0 Å². The standard InChI is InChI=1S/C22H26F2N6O3/c23-20(24)33-17-5-13(8-26-19(17)25)16-7-18(30-9-15-6-14(30)10-32-15)28-21(27-16)29-11-22(12-29)1-3-31-4-2-22/h5,7-8,14-15,20H,1-4,6,9-12H2,(H2,25,26)/t14-,15-/m0/s1. The number of rotatable bonds is 5. The van der Waals surface area contributed by atoms with Crippen molar-refractivity contribution in [2.24, 2.45) is 5.41 Å². The molecule has 2 N–H and O–H groups in total. The zero-order valence-corrected chi connectivity index (χ0v) is 18.1. The lowest BCUT2D eigenvalue weighted by atomic mass is 9.73. The zero-order valence-electron chi connectivity index (χ0n) is 18.1. The van der Waals surface area contributed by atoms with E-state index in [9.17, 15) is 8.78 Å². The Balaban J connectivity index is 1.35. The van der Waals surface area contributed by atoms with Crippen molar-refractivity contribution in [2.45, 2.75) is 38.0 Å². The molecular weight excluding hydrogens is 434 g/mol. The molecule has 0 amide bonds. The van der Waals surface area contributed by atoms with Crippen LogP contribution in [0.1, 0.15) is 19.3 Å². The number of nitrogens with two attached hydrogens (primary N) is 1. The Labute approximate surface area is 189 Å². The topological polar surface area (TPSA) is 98.9 Å². The van der Waals surface area contributed by atoms with Gasteiger partial charge in [-0.05, 0) is 25.3 Å². The highest BCUT2D eigenvalue weighted by Gasteiger charge is 2.45. The third-order valence-electron chi connectivity index (χ3n) is 7.18. The number of pyridine rings is 1. The Morgan fingerprint density at radius 3 is 2.70 bits per heavy atom. The minimum absolute atomic E-state index is 0.0910. The number of halogens is 2. The molecule has 11 heteroatoms. The van der Waals surface area contributed by atoms with E-state index < -0.39 is 6.61 Å². The van der Waals surface area contributed by atoms with Crippen LogP contribution in [0, 0.1) is 5.41 Å². The fourth-order valence-electron chi connectivity index (χ4n) is 5.35. The van der Waals surface area contributed by atoms with Crippen LogP contribution in [0.2, 0.25) is 0 Å². The van der Waals surface area contributed by atoms with Gasteiger partial charge >= 0.3 is 6.61 Å². The quantitative estimate of drug-likeness (QED) is 0.721. The lowest BCUT2D eigenvalue weighted by Gasteiger charge is -2.52. The van der Waals surface area contributed by atoms with Crippen LogP contribution in [0.5, 0.6) is 5.75 Å². The summed E-state index contributed by atoms with van der Waals surface area (Å²) in [4.78, 5) is 18.2. The minimum Gasteiger partial charge on any atom is -0.431 e. The summed E-state index contributed by atoms with van der Waals surface area (Å²) in [6.07, 6.45) is 4.81. The van der Waals surface area contributed by atoms with Gasteiger partial charge in [-0.3, -0.25) is 0 Å². The number of hydrogen-bond donors (Lipinski definition) is 1. The lowest BCUT2D eigenvalue weighted by molar-refractivity contribution is -0.0494. The number of fused-ring (bicyclic) bond motifs is 2. The summed E-state index contributed by atoms with van der Waals surface area (Å²) in [5.41, 5.74) is 7.14. The molecule has 2 aromatic heterocycles. The number of alkyl halides is 2. The second kappa shape index (κ2) is 7.91. The smallest absolute Gasteiger partial charge is 0.387 e. The molecule has 6 rings (SSSR count). The molecule has 2 bridgehead atoms. The molecule has 2 atom stereocenters. The van der Waals surface area contributed by atoms with Crippen molar-refractivity contribution >= 4 is 17.6 Å². The molecule has 0 aliphatic carbocycles. The average molecular weight is 460 g/mol. The van der Waals surface area contributed by atoms with Crippen LogP contribution < -0.4 is 20.3 Å². The van der Waals surface area contributed by atoms with E-state index in [0.717, 1.165) is 57.9 Å². The van der Waals surface area contributed by atoms with Crippen molar-refractivity contribution in [3.05, 3.63) is 18.3 Å². The van der Waals surface area contributed by atoms with Crippen LogP contribution in [0.25, 0.3) is 11.3 Å². The number of aromatic nitrogens is 3. The highest BCUT2D eigenvalue weighted by atomic mass is 19.3. The molecule has 9 nitrogen and oxygen atoms in total. The number of nitrogens with zero attached hydrogens (tertiary/aromatic N) is 5. The van der Waals surface area contributed by atoms with Gasteiger partial charge in [0.25, 0.3) is 0 Å². The minimum atomic E-state index is -2.99. The SMILES string of the molecule is Nc1ncc(-c2cc(N3C[C@@H]4C[C@H]3CO4)nc(N3CC4(CCOCC4)C3)n2)cc1OC(F)F. The molecule has 4 aliphatic heterocycles. The number of nitrogen functional groups attached to an aromatic ring is 1. The molecule has 4 aliphatic rings. The Kier molecular flexibility index (Phi) is 4.98. The van der Waals surface area contributed by atoms with Crippen LogP contribution in [0.4, 0.5) is 26.4 Å². The third-order valence-corrected chi connectivity index (χ3v) is 7.18. The summed E-state index contributed by atoms with van der Waals surface area (Å²) in [6, 6.07) is 3.62. The first-order chi connectivity index (χ1) is 16.0. The van der Waals surface area contributed by atoms with Crippen molar-refractivity contribution in [1.29, 1.82) is 0 Å². The summed E-state index contributed by atoms with van der Waals surface area (Å²) < 4.78 is 41.5. The van der Waals surface area contributed by atoms with E-state index in [1.54, 1.807) is 0 Å². The monoisotopic (exact) mass is 460 g/mol. The average Bonchev–Trinajstić information content (AvgIpc) is 3.43. The summed E-state index contributed by atoms with van der Waals surface area (Å²) in [5, 5.41) is 0. The first kappa shape index (κ1) is 20.8. The Morgan fingerprint density at radius 1 is 1.18 bits per heavy atom. The fourth-order valence-corrected chi connectivity index (χ4v) is 5.35. The number of hydrogen-bond acceptors (Lipinski definition) is 9. The van der Waals surface area contributed by atoms with E-state index in [1.807, 2.05) is 6.07 Å². The second-order valence-corrected chi connectivity index (χ2v) is 9.36. The van der Waals surface area contributed by atoms with Crippen molar-refractivity contribution in [2.75, 3.05) is 55.0 Å². The molecule has 2 aromatic rings. The van der Waals surface area contributed by atoms with Gasteiger partial charge in [-0.1, -0.05) is 0 Å². The molecule has 0 aromatic carbocycles. The maximum atomic E-state index is 12.8. The molecular formula is C22H26F2N6O3. The molecule has 0 unspecified atom stereocenters.